The summed E-state index contributed by atoms with van der Waals surface area (Å²) in [6.07, 6.45) is 6.93. The van der Waals surface area contributed by atoms with Crippen LogP contribution < -0.4 is 10.4 Å². The Bertz CT molecular complexity index is 905. The number of hydrogen-bond donors (Lipinski definition) is 0. The molecule has 0 amide bonds. The smallest absolute Gasteiger partial charge is 0.397 e. The van der Waals surface area contributed by atoms with Gasteiger partial charge >= 0.3 is 17.7 Å². The number of rotatable bonds is 12. The van der Waals surface area contributed by atoms with E-state index >= 15 is 0 Å². The Balaban J connectivity index is 1.50. The summed E-state index contributed by atoms with van der Waals surface area (Å²) in [6.45, 7) is 2.49. The number of ether oxygens (including phenoxy) is 2. The highest BCUT2D eigenvalue weighted by Gasteiger charge is 2.40. The number of fused-ring (bicyclic) bond motifs is 1. The van der Waals surface area contributed by atoms with Crippen molar-refractivity contribution in [3.05, 3.63) is 51.9 Å². The molecule has 3 rings (SSSR count). The van der Waals surface area contributed by atoms with E-state index in [4.69, 9.17) is 13.9 Å². The molecule has 1 aromatic heterocycles. The molecule has 1 aliphatic rings. The minimum absolute atomic E-state index is 0.0216. The van der Waals surface area contributed by atoms with Crippen LogP contribution in [0.5, 0.6) is 6.08 Å². The summed E-state index contributed by atoms with van der Waals surface area (Å²) in [7, 11) is 0. The van der Waals surface area contributed by atoms with E-state index in [1.165, 1.54) is 41.9 Å². The zero-order valence-electron chi connectivity index (χ0n) is 17.7. The van der Waals surface area contributed by atoms with Crippen LogP contribution in [-0.4, -0.2) is 27.2 Å². The average Bonchev–Trinajstić information content (AvgIpc) is 3.11. The predicted molar refractivity (Wildman–Crippen MR) is 129 cm³/mol. The average molecular weight is 557 g/mol. The number of esters is 1. The minimum atomic E-state index is -0.521. The molecule has 2 aromatic rings. The molecular formula is C23H28INO5S. The van der Waals surface area contributed by atoms with Crippen molar-refractivity contribution in [3.8, 4) is 6.08 Å². The van der Waals surface area contributed by atoms with Gasteiger partial charge in [-0.05, 0) is 22.8 Å². The van der Waals surface area contributed by atoms with Gasteiger partial charge in [0.15, 0.2) is 0 Å². The maximum Gasteiger partial charge on any atom is 0.397 e. The number of aromatic nitrogens is 1. The van der Waals surface area contributed by atoms with E-state index in [1.54, 1.807) is 0 Å². The van der Waals surface area contributed by atoms with Crippen LogP contribution in [-0.2, 0) is 16.1 Å². The van der Waals surface area contributed by atoms with Crippen molar-refractivity contribution >= 4 is 40.3 Å². The fourth-order valence-corrected chi connectivity index (χ4v) is 5.23. The number of hydrogen-bond acceptors (Lipinski definition) is 7. The number of benzene rings is 1. The summed E-state index contributed by atoms with van der Waals surface area (Å²) in [5.74, 6) is -0.688. The largest absolute Gasteiger partial charge is 0.460 e. The van der Waals surface area contributed by atoms with Gasteiger partial charge in [0.1, 0.15) is 16.9 Å². The first kappa shape index (κ1) is 24.1. The highest BCUT2D eigenvalue weighted by molar-refractivity contribution is 14.1. The van der Waals surface area contributed by atoms with Gasteiger partial charge in [-0.3, -0.25) is 4.79 Å². The van der Waals surface area contributed by atoms with E-state index < -0.39 is 10.9 Å². The van der Waals surface area contributed by atoms with Gasteiger partial charge in [-0.15, -0.1) is 0 Å². The van der Waals surface area contributed by atoms with E-state index in [9.17, 15) is 9.59 Å². The second-order valence-electron chi connectivity index (χ2n) is 7.57. The van der Waals surface area contributed by atoms with Crippen molar-refractivity contribution in [2.45, 2.75) is 68.2 Å². The highest BCUT2D eigenvalue weighted by Crippen LogP contribution is 2.43. The molecule has 0 bridgehead atoms. The lowest BCUT2D eigenvalue weighted by Crippen LogP contribution is -2.24. The molecule has 1 aromatic carbocycles. The lowest BCUT2D eigenvalue weighted by Gasteiger charge is -2.13. The lowest BCUT2D eigenvalue weighted by molar-refractivity contribution is -0.144. The summed E-state index contributed by atoms with van der Waals surface area (Å²) in [5.41, 5.74) is 0.855. The number of thioether (sulfide) groups is 1. The Morgan fingerprint density at radius 2 is 1.84 bits per heavy atom. The molecular weight excluding hydrogens is 529 g/mol. The summed E-state index contributed by atoms with van der Waals surface area (Å²) in [5, 5.41) is -0.0221. The first-order chi connectivity index (χ1) is 15.1. The van der Waals surface area contributed by atoms with Crippen LogP contribution in [0.15, 0.2) is 44.6 Å². The SMILES string of the molecule is CC1c2c(nc(OCCCCCCCCI)oc2=O)SC1C(=O)OCc1ccccc1. The molecule has 0 saturated heterocycles. The topological polar surface area (TPSA) is 78.6 Å². The molecule has 0 saturated carbocycles. The van der Waals surface area contributed by atoms with E-state index in [0.29, 0.717) is 17.2 Å². The molecule has 0 spiro atoms. The normalized spacial score (nSPS) is 17.4. The predicted octanol–water partition coefficient (Wildman–Crippen LogP) is 5.51. The third-order valence-corrected chi connectivity index (χ3v) is 7.33. The zero-order chi connectivity index (χ0) is 22.1. The molecule has 0 radical (unpaired) electrons. The van der Waals surface area contributed by atoms with Crippen LogP contribution in [0.4, 0.5) is 0 Å². The second kappa shape index (κ2) is 12.5. The van der Waals surface area contributed by atoms with Crippen molar-refractivity contribution in [1.29, 1.82) is 0 Å². The van der Waals surface area contributed by atoms with Gasteiger partial charge in [-0.2, -0.15) is 4.98 Å². The van der Waals surface area contributed by atoms with Gasteiger partial charge in [0.25, 0.3) is 0 Å². The highest BCUT2D eigenvalue weighted by atomic mass is 127. The zero-order valence-corrected chi connectivity index (χ0v) is 20.7. The van der Waals surface area contributed by atoms with Crippen LogP contribution in [0.3, 0.4) is 0 Å². The Kier molecular flexibility index (Phi) is 9.70. The molecule has 31 heavy (non-hydrogen) atoms. The molecule has 0 fully saturated rings. The van der Waals surface area contributed by atoms with Gasteiger partial charge in [-0.1, -0.05) is 97.3 Å². The number of carbonyl (C=O) groups excluding carboxylic acids is 1. The lowest BCUT2D eigenvalue weighted by atomic mass is 10.0. The van der Waals surface area contributed by atoms with Crippen molar-refractivity contribution in [2.75, 3.05) is 11.0 Å². The quantitative estimate of drug-likeness (QED) is 0.147. The monoisotopic (exact) mass is 557 g/mol. The molecule has 0 aliphatic carbocycles. The number of alkyl halides is 1. The maximum atomic E-state index is 12.6. The van der Waals surface area contributed by atoms with Gasteiger partial charge < -0.3 is 13.9 Å². The van der Waals surface area contributed by atoms with Crippen LogP contribution in [0.2, 0.25) is 0 Å². The van der Waals surface area contributed by atoms with Crippen molar-refractivity contribution in [3.63, 3.8) is 0 Å². The molecule has 168 valence electrons. The van der Waals surface area contributed by atoms with Crippen molar-refractivity contribution in [1.82, 2.24) is 4.98 Å². The Morgan fingerprint density at radius 1 is 1.13 bits per heavy atom. The van der Waals surface area contributed by atoms with Gasteiger partial charge in [-0.25, -0.2) is 4.79 Å². The first-order valence-electron chi connectivity index (χ1n) is 10.7. The summed E-state index contributed by atoms with van der Waals surface area (Å²) in [4.78, 5) is 29.4. The number of halogens is 1. The van der Waals surface area contributed by atoms with Crippen molar-refractivity contribution in [2.24, 2.45) is 0 Å². The fourth-order valence-electron chi connectivity index (χ4n) is 3.42. The Morgan fingerprint density at radius 3 is 2.58 bits per heavy atom. The van der Waals surface area contributed by atoms with Gasteiger partial charge in [0, 0.05) is 5.92 Å². The molecule has 2 unspecified atom stereocenters. The van der Waals surface area contributed by atoms with Crippen LogP contribution in [0.1, 0.15) is 62.5 Å². The first-order valence-corrected chi connectivity index (χ1v) is 13.1. The van der Waals surface area contributed by atoms with E-state index in [1.807, 2.05) is 37.3 Å². The van der Waals surface area contributed by atoms with Crippen LogP contribution >= 0.6 is 34.4 Å². The Hall–Kier alpha value is -1.55. The van der Waals surface area contributed by atoms with Crippen LogP contribution in [0, 0.1) is 0 Å². The second-order valence-corrected chi connectivity index (χ2v) is 9.77. The third kappa shape index (κ3) is 6.97. The molecule has 1 aliphatic heterocycles. The van der Waals surface area contributed by atoms with E-state index in [-0.39, 0.29) is 24.6 Å². The maximum absolute atomic E-state index is 12.6. The standard InChI is InChI=1S/C23H28INO5S/c1-16-18-20(31-19(16)22(27)29-15-17-11-7-6-8-12-17)25-23(30-21(18)26)28-14-10-5-3-2-4-9-13-24/h6-8,11-12,16,19H,2-5,9-10,13-15H2,1H3. The molecule has 8 heteroatoms. The van der Waals surface area contributed by atoms with Gasteiger partial charge in [0.05, 0.1) is 12.2 Å². The number of unbranched alkanes of at least 4 members (excludes halogenated alkanes) is 5. The molecule has 6 nitrogen and oxygen atoms in total. The van der Waals surface area contributed by atoms with Crippen molar-refractivity contribution < 1.29 is 18.7 Å². The van der Waals surface area contributed by atoms with Crippen LogP contribution in [0.25, 0.3) is 0 Å². The third-order valence-electron chi connectivity index (χ3n) is 5.18. The van der Waals surface area contributed by atoms with Gasteiger partial charge in [0.2, 0.25) is 0 Å². The summed E-state index contributed by atoms with van der Waals surface area (Å²) in [6, 6.07) is 9.51. The minimum Gasteiger partial charge on any atom is -0.460 e. The molecule has 0 N–H and O–H groups in total. The molecule has 2 heterocycles. The molecule has 2 atom stereocenters. The summed E-state index contributed by atoms with van der Waals surface area (Å²) < 4.78 is 17.5. The Labute approximate surface area is 200 Å². The number of nitrogens with zero attached hydrogens (tertiary/aromatic N) is 1. The van der Waals surface area contributed by atoms with E-state index in [2.05, 4.69) is 27.6 Å². The fraction of sp³-hybridized carbons (Fsp3) is 0.522. The van der Waals surface area contributed by atoms with E-state index in [0.717, 1.165) is 18.4 Å². The number of carbonyl (C=O) groups is 1. The summed E-state index contributed by atoms with van der Waals surface area (Å²) >= 11 is 3.65.